The van der Waals surface area contributed by atoms with Crippen LogP contribution in [-0.2, 0) is 0 Å². The molecule has 2 aliphatic carbocycles. The number of nitriles is 4. The fourth-order valence-electron chi connectivity index (χ4n) is 6.09. The minimum Gasteiger partial charge on any atom is -0.369 e. The lowest BCUT2D eigenvalue weighted by molar-refractivity contribution is -0.161. The van der Waals surface area contributed by atoms with Gasteiger partial charge in [0, 0.05) is 44.8 Å². The molecule has 202 valence electrons. The molecule has 2 atom stereocenters. The molecule has 0 aromatic carbocycles. The van der Waals surface area contributed by atoms with Gasteiger partial charge < -0.3 is 4.90 Å². The summed E-state index contributed by atoms with van der Waals surface area (Å²) in [6.45, 7) is 4.12. The van der Waals surface area contributed by atoms with Crippen LogP contribution < -0.4 is 0 Å². The van der Waals surface area contributed by atoms with Crippen LogP contribution >= 0.6 is 23.1 Å². The van der Waals surface area contributed by atoms with E-state index in [1.165, 1.54) is 52.3 Å². The van der Waals surface area contributed by atoms with Gasteiger partial charge in [0.15, 0.2) is 0 Å². The Morgan fingerprint density at radius 2 is 1.60 bits per heavy atom. The molecule has 5 nitrogen and oxygen atoms in total. The third-order valence-electron chi connectivity index (χ3n) is 7.95. The molecule has 2 aliphatic heterocycles. The molecule has 1 saturated heterocycles. The van der Waals surface area contributed by atoms with Crippen LogP contribution in [0.25, 0.3) is 11.6 Å². The highest BCUT2D eigenvalue weighted by molar-refractivity contribution is 8.05. The average molecular weight is 580 g/mol. The van der Waals surface area contributed by atoms with Crippen LogP contribution in [0, 0.1) is 45.3 Å². The number of hydrogen-bond acceptors (Lipinski definition) is 7. The molecule has 40 heavy (non-hydrogen) atoms. The molecule has 0 saturated carbocycles. The number of hydrogen-bond donors (Lipinski definition) is 0. The second-order valence-electron chi connectivity index (χ2n) is 9.96. The van der Waals surface area contributed by atoms with Crippen LogP contribution in [0.2, 0.25) is 0 Å². The maximum atomic E-state index is 16.2. The Bertz CT molecular complexity index is 1610. The smallest absolute Gasteiger partial charge is 0.354 e. The monoisotopic (exact) mass is 579 g/mol. The summed E-state index contributed by atoms with van der Waals surface area (Å²) in [5.41, 5.74) is -1.68. The Kier molecular flexibility index (Phi) is 6.74. The first-order valence-corrected chi connectivity index (χ1v) is 14.2. The van der Waals surface area contributed by atoms with Gasteiger partial charge in [0.05, 0.1) is 10.4 Å². The van der Waals surface area contributed by atoms with E-state index in [-0.39, 0.29) is 40.9 Å². The molecule has 0 bridgehead atoms. The van der Waals surface area contributed by atoms with E-state index in [9.17, 15) is 21.0 Å². The van der Waals surface area contributed by atoms with Crippen LogP contribution in [0.15, 0.2) is 51.1 Å². The maximum Gasteiger partial charge on any atom is 0.354 e. The van der Waals surface area contributed by atoms with Gasteiger partial charge >= 0.3 is 11.8 Å². The van der Waals surface area contributed by atoms with Crippen molar-refractivity contribution < 1.29 is 17.6 Å². The van der Waals surface area contributed by atoms with Crippen LogP contribution in [0.5, 0.6) is 0 Å². The zero-order valence-electron chi connectivity index (χ0n) is 21.5. The van der Waals surface area contributed by atoms with Crippen molar-refractivity contribution in [3.8, 4) is 24.3 Å². The molecule has 5 rings (SSSR count). The van der Waals surface area contributed by atoms with Crippen LogP contribution in [0.1, 0.15) is 54.3 Å². The van der Waals surface area contributed by atoms with Crippen molar-refractivity contribution in [2.45, 2.75) is 55.6 Å². The number of nitrogens with zero attached hydrogens (tertiary/aromatic N) is 5. The number of thioether (sulfide) groups is 1. The Labute approximate surface area is 237 Å². The van der Waals surface area contributed by atoms with E-state index < -0.39 is 33.8 Å². The summed E-state index contributed by atoms with van der Waals surface area (Å²) in [7, 11) is 0. The van der Waals surface area contributed by atoms with Crippen LogP contribution in [0.3, 0.4) is 0 Å². The van der Waals surface area contributed by atoms with Gasteiger partial charge in [-0.25, -0.2) is 0 Å². The van der Waals surface area contributed by atoms with Crippen molar-refractivity contribution in [1.82, 2.24) is 4.90 Å². The Balaban J connectivity index is 1.92. The highest BCUT2D eigenvalue weighted by Gasteiger charge is 2.71. The van der Waals surface area contributed by atoms with Crippen molar-refractivity contribution in [3.05, 3.63) is 66.4 Å². The van der Waals surface area contributed by atoms with E-state index in [4.69, 9.17) is 0 Å². The molecule has 0 spiro atoms. The molecule has 0 amide bonds. The largest absolute Gasteiger partial charge is 0.369 e. The van der Waals surface area contributed by atoms with E-state index in [0.717, 1.165) is 0 Å². The van der Waals surface area contributed by atoms with Gasteiger partial charge in [-0.1, -0.05) is 13.8 Å². The quantitative estimate of drug-likeness (QED) is 0.272. The Morgan fingerprint density at radius 3 is 2.17 bits per heavy atom. The number of rotatable bonds is 4. The summed E-state index contributed by atoms with van der Waals surface area (Å²) in [5.74, 6) is -9.45. The summed E-state index contributed by atoms with van der Waals surface area (Å²) in [6, 6.07) is 8.65. The molecule has 0 radical (unpaired) electrons. The topological polar surface area (TPSA) is 98.4 Å². The van der Waals surface area contributed by atoms with Gasteiger partial charge in [0.25, 0.3) is 0 Å². The lowest BCUT2D eigenvalue weighted by Gasteiger charge is -2.36. The van der Waals surface area contributed by atoms with Crippen molar-refractivity contribution in [3.63, 3.8) is 0 Å². The van der Waals surface area contributed by atoms with Crippen molar-refractivity contribution >= 4 is 34.7 Å². The van der Waals surface area contributed by atoms with Gasteiger partial charge in [-0.05, 0) is 54.7 Å². The van der Waals surface area contributed by atoms with Crippen LogP contribution in [0.4, 0.5) is 17.6 Å². The summed E-state index contributed by atoms with van der Waals surface area (Å²) in [5, 5.41) is 37.2. The molecular formula is C29H21F4N5S2. The van der Waals surface area contributed by atoms with E-state index in [2.05, 4.69) is 0 Å². The van der Waals surface area contributed by atoms with Gasteiger partial charge in [0.1, 0.15) is 35.4 Å². The second kappa shape index (κ2) is 9.70. The molecule has 1 fully saturated rings. The highest BCUT2D eigenvalue weighted by Crippen LogP contribution is 2.68. The minimum atomic E-state index is -4.52. The third kappa shape index (κ3) is 3.76. The molecule has 0 unspecified atom stereocenters. The summed E-state index contributed by atoms with van der Waals surface area (Å²) in [4.78, 5) is 2.77. The third-order valence-corrected chi connectivity index (χ3v) is 10.9. The zero-order valence-corrected chi connectivity index (χ0v) is 23.1. The Morgan fingerprint density at radius 1 is 1.00 bits per heavy atom. The minimum absolute atomic E-state index is 0.0816. The fourth-order valence-corrected chi connectivity index (χ4v) is 8.91. The molecular weight excluding hydrogens is 558 g/mol. The molecule has 4 aliphatic rings. The van der Waals surface area contributed by atoms with Crippen molar-refractivity contribution in [2.24, 2.45) is 0 Å². The molecule has 1 aromatic heterocycles. The SMILES string of the molecule is CC[C@]12SC(C=C(C#N)C#N)=CC1=C1C(=C(N3CCCC3)C(F)(F)C1(F)F)c1cc(C=C(C#N)C#N)sc1[C@@H]2C. The number of halogens is 4. The van der Waals surface area contributed by atoms with Crippen LogP contribution in [-0.4, -0.2) is 34.6 Å². The number of likely N-dealkylation sites (tertiary alicyclic amines) is 1. The lowest BCUT2D eigenvalue weighted by atomic mass is 9.81. The normalized spacial score (nSPS) is 25.4. The first-order chi connectivity index (χ1) is 19.0. The fraction of sp³-hybridized carbons (Fsp3) is 0.379. The van der Waals surface area contributed by atoms with Gasteiger partial charge in [0.2, 0.25) is 0 Å². The first kappa shape index (κ1) is 27.8. The number of fused-ring (bicyclic) bond motifs is 4. The summed E-state index contributed by atoms with van der Waals surface area (Å²) < 4.78 is 63.3. The molecule has 0 N–H and O–H groups in total. The standard InChI is InChI=1S/C29H21F4N5S2/c1-3-27-16(2)25-21(10-19(39-25)8-17(12-34)13-35)23-24(22(27)11-20(40-27)9-18(14-36)15-37)28(30,31)29(32,33)26(23)38-6-4-5-7-38/h8-11,16H,3-7H2,1-2H3/t16-,27+/m0/s1. The first-order valence-electron chi connectivity index (χ1n) is 12.6. The number of thiophene rings is 1. The van der Waals surface area contributed by atoms with Gasteiger partial charge in [-0.3, -0.25) is 0 Å². The maximum absolute atomic E-state index is 16.2. The molecule has 1 aromatic rings. The van der Waals surface area contributed by atoms with Gasteiger partial charge in [-0.15, -0.1) is 23.1 Å². The van der Waals surface area contributed by atoms with E-state index in [1.54, 1.807) is 31.2 Å². The number of allylic oxidation sites excluding steroid dienone is 7. The number of alkyl halides is 4. The molecule has 11 heteroatoms. The highest BCUT2D eigenvalue weighted by atomic mass is 32.2. The average Bonchev–Trinajstić information content (AvgIpc) is 3.69. The Hall–Kier alpha value is -3.77. The van der Waals surface area contributed by atoms with Crippen molar-refractivity contribution in [2.75, 3.05) is 13.1 Å². The van der Waals surface area contributed by atoms with E-state index in [1.807, 2.05) is 6.92 Å². The lowest BCUT2D eigenvalue weighted by Crippen LogP contribution is -2.44. The van der Waals surface area contributed by atoms with Crippen molar-refractivity contribution in [1.29, 1.82) is 21.0 Å². The second-order valence-corrected chi connectivity index (χ2v) is 12.5. The van der Waals surface area contributed by atoms with E-state index in [0.29, 0.717) is 33.9 Å². The molecule has 3 heterocycles. The van der Waals surface area contributed by atoms with Gasteiger partial charge in [-0.2, -0.15) is 38.6 Å². The predicted octanol–water partition coefficient (Wildman–Crippen LogP) is 7.44. The summed E-state index contributed by atoms with van der Waals surface area (Å²) in [6.07, 6.45) is 5.60. The predicted molar refractivity (Wildman–Crippen MR) is 145 cm³/mol. The van der Waals surface area contributed by atoms with E-state index >= 15 is 17.6 Å². The zero-order chi connectivity index (χ0) is 29.0. The summed E-state index contributed by atoms with van der Waals surface area (Å²) >= 11 is 2.39.